The van der Waals surface area contributed by atoms with Gasteiger partial charge in [-0.25, -0.2) is 14.8 Å². The Balaban J connectivity index is 1.92. The van der Waals surface area contributed by atoms with Gasteiger partial charge >= 0.3 is 5.97 Å². The molecule has 0 aromatic carbocycles. The van der Waals surface area contributed by atoms with Crippen molar-refractivity contribution in [3.8, 4) is 0 Å². The van der Waals surface area contributed by atoms with E-state index in [4.69, 9.17) is 5.11 Å². The highest BCUT2D eigenvalue weighted by molar-refractivity contribution is 5.85. The molecule has 0 aliphatic carbocycles. The van der Waals surface area contributed by atoms with Crippen molar-refractivity contribution >= 4 is 11.9 Å². The summed E-state index contributed by atoms with van der Waals surface area (Å²) >= 11 is 0. The average molecular weight is 272 g/mol. The Morgan fingerprint density at radius 2 is 2.25 bits per heavy atom. The van der Waals surface area contributed by atoms with E-state index in [9.17, 15) is 9.59 Å². The van der Waals surface area contributed by atoms with Crippen molar-refractivity contribution in [2.24, 2.45) is 0 Å². The SMILES string of the molecule is O=C(O)c1ccnc(N2CCc3c(cc[nH]c3=O)C2)n1. The molecular formula is C13H12N4O3. The first kappa shape index (κ1) is 12.3. The van der Waals surface area contributed by atoms with Gasteiger partial charge in [0, 0.05) is 31.0 Å². The van der Waals surface area contributed by atoms with Gasteiger partial charge in [0.15, 0.2) is 5.69 Å². The molecule has 3 heterocycles. The van der Waals surface area contributed by atoms with Crippen LogP contribution in [0.3, 0.4) is 0 Å². The molecular weight excluding hydrogens is 260 g/mol. The Morgan fingerprint density at radius 1 is 1.40 bits per heavy atom. The van der Waals surface area contributed by atoms with Gasteiger partial charge in [-0.3, -0.25) is 4.79 Å². The number of aromatic carboxylic acids is 1. The van der Waals surface area contributed by atoms with E-state index in [1.807, 2.05) is 11.0 Å². The number of carbonyl (C=O) groups is 1. The number of nitrogens with zero attached hydrogens (tertiary/aromatic N) is 3. The predicted molar refractivity (Wildman–Crippen MR) is 70.8 cm³/mol. The van der Waals surface area contributed by atoms with Crippen molar-refractivity contribution in [1.82, 2.24) is 15.0 Å². The van der Waals surface area contributed by atoms with Crippen molar-refractivity contribution < 1.29 is 9.90 Å². The van der Waals surface area contributed by atoms with Crippen LogP contribution in [-0.4, -0.2) is 32.6 Å². The minimum absolute atomic E-state index is 0.0355. The fourth-order valence-corrected chi connectivity index (χ4v) is 2.30. The van der Waals surface area contributed by atoms with Crippen molar-refractivity contribution in [3.05, 3.63) is 51.7 Å². The van der Waals surface area contributed by atoms with Crippen LogP contribution in [0, 0.1) is 0 Å². The molecule has 0 saturated heterocycles. The number of aromatic nitrogens is 3. The number of carboxylic acid groups (broad SMARTS) is 1. The summed E-state index contributed by atoms with van der Waals surface area (Å²) in [5, 5.41) is 8.95. The third-order valence-corrected chi connectivity index (χ3v) is 3.30. The molecule has 1 aliphatic heterocycles. The maximum atomic E-state index is 11.7. The first-order valence-corrected chi connectivity index (χ1v) is 6.16. The highest BCUT2D eigenvalue weighted by atomic mass is 16.4. The van der Waals surface area contributed by atoms with Gasteiger partial charge in [0.25, 0.3) is 5.56 Å². The first-order valence-electron chi connectivity index (χ1n) is 6.16. The summed E-state index contributed by atoms with van der Waals surface area (Å²) in [6, 6.07) is 3.21. The minimum Gasteiger partial charge on any atom is -0.477 e. The fourth-order valence-electron chi connectivity index (χ4n) is 2.30. The van der Waals surface area contributed by atoms with Gasteiger partial charge in [0.05, 0.1) is 0 Å². The quantitative estimate of drug-likeness (QED) is 0.822. The molecule has 2 N–H and O–H groups in total. The standard InChI is InChI=1S/C13H12N4O3/c18-11-9-3-6-17(7-8(9)1-4-14-11)13-15-5-2-10(16-13)12(19)20/h1-2,4-5H,3,6-7H2,(H,14,18)(H,19,20). The summed E-state index contributed by atoms with van der Waals surface area (Å²) in [7, 11) is 0. The molecule has 7 nitrogen and oxygen atoms in total. The van der Waals surface area contributed by atoms with E-state index in [1.165, 1.54) is 12.3 Å². The highest BCUT2D eigenvalue weighted by Crippen LogP contribution is 2.19. The lowest BCUT2D eigenvalue weighted by Crippen LogP contribution is -2.35. The monoisotopic (exact) mass is 272 g/mol. The molecule has 7 heteroatoms. The van der Waals surface area contributed by atoms with Crippen molar-refractivity contribution in [2.75, 3.05) is 11.4 Å². The summed E-state index contributed by atoms with van der Waals surface area (Å²) < 4.78 is 0. The van der Waals surface area contributed by atoms with Crippen LogP contribution in [0.15, 0.2) is 29.3 Å². The first-order chi connectivity index (χ1) is 9.65. The molecule has 2 aromatic rings. The van der Waals surface area contributed by atoms with Crippen LogP contribution in [0.25, 0.3) is 0 Å². The van der Waals surface area contributed by atoms with Crippen LogP contribution >= 0.6 is 0 Å². The number of H-pyrrole nitrogens is 1. The molecule has 0 atom stereocenters. The maximum Gasteiger partial charge on any atom is 0.354 e. The Labute approximate surface area is 113 Å². The van der Waals surface area contributed by atoms with Gasteiger partial charge in [0.2, 0.25) is 5.95 Å². The summed E-state index contributed by atoms with van der Waals surface area (Å²) in [5.74, 6) is -0.710. The van der Waals surface area contributed by atoms with Gasteiger partial charge in [-0.2, -0.15) is 0 Å². The van der Waals surface area contributed by atoms with Crippen LogP contribution < -0.4 is 10.5 Å². The summed E-state index contributed by atoms with van der Waals surface area (Å²) in [6.45, 7) is 1.09. The smallest absolute Gasteiger partial charge is 0.354 e. The third-order valence-electron chi connectivity index (χ3n) is 3.30. The molecule has 3 rings (SSSR count). The fraction of sp³-hybridized carbons (Fsp3) is 0.231. The largest absolute Gasteiger partial charge is 0.477 e. The molecule has 0 unspecified atom stereocenters. The molecule has 1 aliphatic rings. The van der Waals surface area contributed by atoms with Crippen LogP contribution in [0.2, 0.25) is 0 Å². The van der Waals surface area contributed by atoms with Crippen LogP contribution in [0.4, 0.5) is 5.95 Å². The molecule has 0 fully saturated rings. The Hall–Kier alpha value is -2.70. The topological polar surface area (TPSA) is 99.2 Å². The molecule has 0 saturated carbocycles. The summed E-state index contributed by atoms with van der Waals surface area (Å²) in [5.41, 5.74) is 1.59. The minimum atomic E-state index is -1.08. The number of anilines is 1. The highest BCUT2D eigenvalue weighted by Gasteiger charge is 2.21. The number of aromatic amines is 1. The van der Waals surface area contributed by atoms with E-state index in [0.717, 1.165) is 11.1 Å². The Kier molecular flexibility index (Phi) is 2.94. The van der Waals surface area contributed by atoms with Crippen LogP contribution in [-0.2, 0) is 13.0 Å². The molecule has 0 radical (unpaired) electrons. The molecule has 0 spiro atoms. The van der Waals surface area contributed by atoms with Crippen molar-refractivity contribution in [1.29, 1.82) is 0 Å². The zero-order chi connectivity index (χ0) is 14.1. The van der Waals surface area contributed by atoms with Gasteiger partial charge < -0.3 is 15.0 Å². The normalized spacial score (nSPS) is 13.9. The lowest BCUT2D eigenvalue weighted by molar-refractivity contribution is 0.0690. The molecule has 20 heavy (non-hydrogen) atoms. The number of carboxylic acids is 1. The Morgan fingerprint density at radius 3 is 3.05 bits per heavy atom. The lowest BCUT2D eigenvalue weighted by Gasteiger charge is -2.28. The number of rotatable bonds is 2. The zero-order valence-corrected chi connectivity index (χ0v) is 10.5. The van der Waals surface area contributed by atoms with Crippen LogP contribution in [0.5, 0.6) is 0 Å². The van der Waals surface area contributed by atoms with Crippen LogP contribution in [0.1, 0.15) is 21.6 Å². The van der Waals surface area contributed by atoms with Gasteiger partial charge in [-0.1, -0.05) is 0 Å². The van der Waals surface area contributed by atoms with Crippen molar-refractivity contribution in [3.63, 3.8) is 0 Å². The number of pyridine rings is 1. The molecule has 0 bridgehead atoms. The lowest BCUT2D eigenvalue weighted by atomic mass is 10.0. The molecule has 2 aromatic heterocycles. The number of nitrogens with one attached hydrogen (secondary N) is 1. The third kappa shape index (κ3) is 2.13. The van der Waals surface area contributed by atoms with E-state index in [0.29, 0.717) is 25.5 Å². The second-order valence-electron chi connectivity index (χ2n) is 4.53. The van der Waals surface area contributed by atoms with Crippen molar-refractivity contribution in [2.45, 2.75) is 13.0 Å². The average Bonchev–Trinajstić information content (AvgIpc) is 2.47. The predicted octanol–water partition coefficient (Wildman–Crippen LogP) is 0.426. The van der Waals surface area contributed by atoms with E-state index in [2.05, 4.69) is 15.0 Å². The number of fused-ring (bicyclic) bond motifs is 1. The van der Waals surface area contributed by atoms with Gasteiger partial charge in [0.1, 0.15) is 0 Å². The second-order valence-corrected chi connectivity index (χ2v) is 4.53. The number of hydrogen-bond acceptors (Lipinski definition) is 5. The summed E-state index contributed by atoms with van der Waals surface area (Å²) in [6.07, 6.45) is 3.63. The summed E-state index contributed by atoms with van der Waals surface area (Å²) in [4.78, 5) is 35.2. The maximum absolute atomic E-state index is 11.7. The van der Waals surface area contributed by atoms with E-state index in [-0.39, 0.29) is 11.3 Å². The van der Waals surface area contributed by atoms with Gasteiger partial charge in [-0.05, 0) is 24.1 Å². The number of hydrogen-bond donors (Lipinski definition) is 2. The second kappa shape index (κ2) is 4.76. The molecule has 102 valence electrons. The zero-order valence-electron chi connectivity index (χ0n) is 10.5. The van der Waals surface area contributed by atoms with E-state index in [1.54, 1.807) is 6.20 Å². The van der Waals surface area contributed by atoms with E-state index >= 15 is 0 Å². The Bertz CT molecular complexity index is 726. The van der Waals surface area contributed by atoms with E-state index < -0.39 is 5.97 Å². The molecule has 0 amide bonds. The van der Waals surface area contributed by atoms with Gasteiger partial charge in [-0.15, -0.1) is 0 Å².